The molecular weight excluding hydrogens is 416 g/mol. The zero-order chi connectivity index (χ0) is 20.8. The van der Waals surface area contributed by atoms with Crippen LogP contribution < -0.4 is 14.8 Å². The Kier molecular flexibility index (Phi) is 4.54. The summed E-state index contributed by atoms with van der Waals surface area (Å²) in [5, 5.41) is 2.39. The summed E-state index contributed by atoms with van der Waals surface area (Å²) in [5.74, 6) is -3.41. The van der Waals surface area contributed by atoms with Crippen molar-refractivity contribution < 1.29 is 31.8 Å². The van der Waals surface area contributed by atoms with E-state index in [1.165, 1.54) is 30.5 Å². The number of hydrogen-bond acceptors (Lipinski definition) is 4. The van der Waals surface area contributed by atoms with Gasteiger partial charge in [-0.2, -0.15) is 0 Å². The minimum absolute atomic E-state index is 0.0183. The van der Waals surface area contributed by atoms with Gasteiger partial charge in [-0.05, 0) is 30.3 Å². The Bertz CT molecular complexity index is 1100. The van der Waals surface area contributed by atoms with Crippen LogP contribution in [0.15, 0.2) is 48.7 Å². The number of halogens is 5. The molecule has 2 heterocycles. The second-order valence-electron chi connectivity index (χ2n) is 5.93. The first-order valence-corrected chi connectivity index (χ1v) is 8.42. The monoisotopic (exact) mass is 424 g/mol. The molecule has 0 radical (unpaired) electrons. The summed E-state index contributed by atoms with van der Waals surface area (Å²) in [5.41, 5.74) is 0.0158. The van der Waals surface area contributed by atoms with Crippen LogP contribution in [-0.4, -0.2) is 17.2 Å². The number of carbonyl (C=O) groups is 1. The van der Waals surface area contributed by atoms with Crippen LogP contribution in [0.3, 0.4) is 0 Å². The van der Waals surface area contributed by atoms with Gasteiger partial charge in [0.25, 0.3) is 5.91 Å². The van der Waals surface area contributed by atoms with E-state index in [1.807, 2.05) is 0 Å². The molecule has 0 fully saturated rings. The molecule has 29 heavy (non-hydrogen) atoms. The lowest BCUT2D eigenvalue weighted by Crippen LogP contribution is -2.25. The van der Waals surface area contributed by atoms with Gasteiger partial charge in [0.05, 0.1) is 5.02 Å². The lowest BCUT2D eigenvalue weighted by molar-refractivity contribution is -0.286. The largest absolute Gasteiger partial charge is 0.586 e. The first-order chi connectivity index (χ1) is 13.7. The Morgan fingerprint density at radius 1 is 1.03 bits per heavy atom. The van der Waals surface area contributed by atoms with E-state index in [4.69, 9.17) is 11.6 Å². The maximum Gasteiger partial charge on any atom is 0.586 e. The molecule has 1 aliphatic rings. The highest BCUT2D eigenvalue weighted by atomic mass is 35.5. The van der Waals surface area contributed by atoms with Crippen molar-refractivity contribution in [1.82, 2.24) is 4.98 Å². The van der Waals surface area contributed by atoms with Gasteiger partial charge in [0.15, 0.2) is 11.5 Å². The smallest absolute Gasteiger partial charge is 0.395 e. The Morgan fingerprint density at radius 2 is 1.69 bits per heavy atom. The Hall–Kier alpha value is -3.33. The summed E-state index contributed by atoms with van der Waals surface area (Å²) in [7, 11) is 0. The van der Waals surface area contributed by atoms with Crippen molar-refractivity contribution in [3.8, 4) is 22.6 Å². The summed E-state index contributed by atoms with van der Waals surface area (Å²) in [6, 6.07) is 8.36. The molecule has 5 nitrogen and oxygen atoms in total. The molecule has 148 valence electrons. The first kappa shape index (κ1) is 19.0. The number of fused-ring (bicyclic) bond motifs is 1. The molecular formula is C19H9ClF4N2O3. The maximum absolute atomic E-state index is 13.7. The number of nitrogens with one attached hydrogen (secondary N) is 1. The highest BCUT2D eigenvalue weighted by Gasteiger charge is 2.43. The average molecular weight is 425 g/mol. The fourth-order valence-corrected chi connectivity index (χ4v) is 2.98. The number of aromatic nitrogens is 1. The summed E-state index contributed by atoms with van der Waals surface area (Å²) < 4.78 is 62.5. The van der Waals surface area contributed by atoms with Gasteiger partial charge in [-0.1, -0.05) is 17.7 Å². The number of carbonyl (C=O) groups excluding carboxylic acids is 1. The zero-order valence-corrected chi connectivity index (χ0v) is 14.9. The van der Waals surface area contributed by atoms with Crippen molar-refractivity contribution in [2.24, 2.45) is 0 Å². The SMILES string of the molecule is O=C(Nc1ccc(-c2cc3c(cc2Cl)OC(F)(F)O3)cn1)c1c(F)cccc1F. The molecule has 0 aliphatic carbocycles. The fourth-order valence-electron chi connectivity index (χ4n) is 2.71. The molecule has 1 aromatic heterocycles. The molecule has 1 aliphatic heterocycles. The molecule has 1 amide bonds. The average Bonchev–Trinajstić information content (AvgIpc) is 2.94. The molecule has 1 N–H and O–H groups in total. The van der Waals surface area contributed by atoms with E-state index in [2.05, 4.69) is 19.8 Å². The number of rotatable bonds is 3. The highest BCUT2D eigenvalue weighted by Crippen LogP contribution is 2.46. The van der Waals surface area contributed by atoms with Crippen LogP contribution in [0.25, 0.3) is 11.1 Å². The Balaban J connectivity index is 1.57. The number of alkyl halides is 2. The molecule has 0 bridgehead atoms. The van der Waals surface area contributed by atoms with Crippen LogP contribution >= 0.6 is 11.6 Å². The van der Waals surface area contributed by atoms with Gasteiger partial charge in [-0.25, -0.2) is 13.8 Å². The Labute approximate surface area is 165 Å². The number of hydrogen-bond donors (Lipinski definition) is 1. The first-order valence-electron chi connectivity index (χ1n) is 8.05. The third kappa shape index (κ3) is 3.68. The van der Waals surface area contributed by atoms with Crippen molar-refractivity contribution in [2.45, 2.75) is 6.29 Å². The van der Waals surface area contributed by atoms with Crippen molar-refractivity contribution in [3.63, 3.8) is 0 Å². The maximum atomic E-state index is 13.7. The number of amides is 1. The van der Waals surface area contributed by atoms with Gasteiger partial charge in [-0.15, -0.1) is 8.78 Å². The van der Waals surface area contributed by atoms with E-state index < -0.39 is 29.4 Å². The van der Waals surface area contributed by atoms with Gasteiger partial charge < -0.3 is 14.8 Å². The van der Waals surface area contributed by atoms with Crippen molar-refractivity contribution >= 4 is 23.3 Å². The van der Waals surface area contributed by atoms with E-state index in [-0.39, 0.29) is 22.3 Å². The van der Waals surface area contributed by atoms with Crippen molar-refractivity contribution in [1.29, 1.82) is 0 Å². The third-order valence-corrected chi connectivity index (χ3v) is 4.31. The van der Waals surface area contributed by atoms with E-state index in [0.29, 0.717) is 11.1 Å². The minimum Gasteiger partial charge on any atom is -0.395 e. The molecule has 0 saturated heterocycles. The van der Waals surface area contributed by atoms with E-state index in [1.54, 1.807) is 0 Å². The van der Waals surface area contributed by atoms with Gasteiger partial charge in [0, 0.05) is 23.4 Å². The van der Waals surface area contributed by atoms with Crippen LogP contribution in [0.4, 0.5) is 23.4 Å². The van der Waals surface area contributed by atoms with E-state index in [9.17, 15) is 22.4 Å². The lowest BCUT2D eigenvalue weighted by atomic mass is 10.1. The summed E-state index contributed by atoms with van der Waals surface area (Å²) in [6.07, 6.45) is -2.48. The molecule has 2 aromatic carbocycles. The second kappa shape index (κ2) is 6.93. The molecule has 0 spiro atoms. The number of ether oxygens (including phenoxy) is 2. The topological polar surface area (TPSA) is 60.5 Å². The molecule has 0 atom stereocenters. The van der Waals surface area contributed by atoms with Crippen LogP contribution in [0.2, 0.25) is 5.02 Å². The zero-order valence-electron chi connectivity index (χ0n) is 14.2. The second-order valence-corrected chi connectivity index (χ2v) is 6.34. The normalized spacial score (nSPS) is 14.0. The fraction of sp³-hybridized carbons (Fsp3) is 0.0526. The van der Waals surface area contributed by atoms with Crippen LogP contribution in [-0.2, 0) is 0 Å². The number of nitrogens with zero attached hydrogens (tertiary/aromatic N) is 1. The van der Waals surface area contributed by atoms with Crippen molar-refractivity contribution in [3.05, 3.63) is 70.9 Å². The van der Waals surface area contributed by atoms with Crippen LogP contribution in [0.1, 0.15) is 10.4 Å². The van der Waals surface area contributed by atoms with E-state index >= 15 is 0 Å². The van der Waals surface area contributed by atoms with Crippen LogP contribution in [0.5, 0.6) is 11.5 Å². The molecule has 10 heteroatoms. The number of anilines is 1. The third-order valence-electron chi connectivity index (χ3n) is 4.00. The summed E-state index contributed by atoms with van der Waals surface area (Å²) >= 11 is 6.11. The predicted molar refractivity (Wildman–Crippen MR) is 95.2 cm³/mol. The summed E-state index contributed by atoms with van der Waals surface area (Å²) in [6.45, 7) is 0. The molecule has 4 rings (SSSR count). The van der Waals surface area contributed by atoms with Gasteiger partial charge in [0.1, 0.15) is 23.0 Å². The number of benzene rings is 2. The van der Waals surface area contributed by atoms with Gasteiger partial charge in [-0.3, -0.25) is 4.79 Å². The van der Waals surface area contributed by atoms with Gasteiger partial charge in [0.2, 0.25) is 0 Å². The predicted octanol–water partition coefficient (Wildman–Crippen LogP) is 5.25. The van der Waals surface area contributed by atoms with Crippen LogP contribution in [0, 0.1) is 11.6 Å². The van der Waals surface area contributed by atoms with Crippen molar-refractivity contribution in [2.75, 3.05) is 5.32 Å². The quantitative estimate of drug-likeness (QED) is 0.583. The van der Waals surface area contributed by atoms with E-state index in [0.717, 1.165) is 18.2 Å². The minimum atomic E-state index is -3.78. The summed E-state index contributed by atoms with van der Waals surface area (Å²) in [4.78, 5) is 16.1. The highest BCUT2D eigenvalue weighted by molar-refractivity contribution is 6.33. The van der Waals surface area contributed by atoms with Gasteiger partial charge >= 0.3 is 6.29 Å². The number of pyridine rings is 1. The Morgan fingerprint density at radius 3 is 2.31 bits per heavy atom. The molecule has 0 unspecified atom stereocenters. The molecule has 0 saturated carbocycles. The lowest BCUT2D eigenvalue weighted by Gasteiger charge is -2.09. The molecule has 3 aromatic rings. The standard InChI is InChI=1S/C19H9ClF4N2O3/c20-11-7-15-14(28-19(23,24)29-15)6-10(11)9-4-5-16(25-8-9)26-18(27)17-12(21)2-1-3-13(17)22/h1-8H,(H,25,26,27).